The number of halogens is 3. The fourth-order valence-corrected chi connectivity index (χ4v) is 2.02. The minimum Gasteiger partial charge on any atom is -0.320 e. The summed E-state index contributed by atoms with van der Waals surface area (Å²) in [5, 5.41) is 0. The van der Waals surface area contributed by atoms with Crippen molar-refractivity contribution >= 4 is 0 Å². The Kier molecular flexibility index (Phi) is 3.62. The maximum absolute atomic E-state index is 13.8. The first-order valence-corrected chi connectivity index (χ1v) is 5.86. The van der Waals surface area contributed by atoms with Gasteiger partial charge in [-0.1, -0.05) is 6.07 Å². The van der Waals surface area contributed by atoms with E-state index in [1.54, 1.807) is 13.0 Å². The highest BCUT2D eigenvalue weighted by atomic mass is 19.1. The Morgan fingerprint density at radius 2 is 1.58 bits per heavy atom. The zero-order valence-corrected chi connectivity index (χ0v) is 10.7. The van der Waals surface area contributed by atoms with E-state index >= 15 is 0 Å². The molecule has 0 saturated heterocycles. The third-order valence-electron chi connectivity index (χ3n) is 3.04. The molecule has 4 heteroatoms. The van der Waals surface area contributed by atoms with Crippen molar-refractivity contribution in [1.82, 2.24) is 0 Å². The summed E-state index contributed by atoms with van der Waals surface area (Å²) in [6, 6.07) is 5.50. The highest BCUT2D eigenvalue weighted by molar-refractivity contribution is 5.36. The van der Waals surface area contributed by atoms with Gasteiger partial charge in [-0.15, -0.1) is 0 Å². The van der Waals surface area contributed by atoms with E-state index < -0.39 is 23.5 Å². The lowest BCUT2D eigenvalue weighted by atomic mass is 9.96. The Morgan fingerprint density at radius 3 is 2.21 bits per heavy atom. The highest BCUT2D eigenvalue weighted by Crippen LogP contribution is 2.25. The first kappa shape index (κ1) is 13.6. The molecule has 0 fully saturated rings. The van der Waals surface area contributed by atoms with Crippen LogP contribution in [0.1, 0.15) is 28.3 Å². The summed E-state index contributed by atoms with van der Waals surface area (Å²) < 4.78 is 40.6. The largest absolute Gasteiger partial charge is 0.320 e. The van der Waals surface area contributed by atoms with E-state index in [0.29, 0.717) is 11.1 Å². The molecule has 0 amide bonds. The number of nitrogens with two attached hydrogens (primary N) is 1. The lowest BCUT2D eigenvalue weighted by molar-refractivity contribution is 0.569. The number of aryl methyl sites for hydroxylation is 2. The Morgan fingerprint density at radius 1 is 0.895 bits per heavy atom. The lowest BCUT2D eigenvalue weighted by Crippen LogP contribution is -2.15. The summed E-state index contributed by atoms with van der Waals surface area (Å²) in [7, 11) is 0. The number of rotatable bonds is 2. The van der Waals surface area contributed by atoms with E-state index in [0.717, 1.165) is 12.1 Å². The van der Waals surface area contributed by atoms with E-state index in [9.17, 15) is 13.2 Å². The van der Waals surface area contributed by atoms with Gasteiger partial charge in [-0.05, 0) is 54.8 Å². The Hall–Kier alpha value is -1.81. The molecule has 0 spiro atoms. The van der Waals surface area contributed by atoms with Crippen LogP contribution in [0.25, 0.3) is 0 Å². The molecule has 2 aromatic rings. The van der Waals surface area contributed by atoms with Gasteiger partial charge >= 0.3 is 0 Å². The quantitative estimate of drug-likeness (QED) is 0.878. The van der Waals surface area contributed by atoms with Crippen LogP contribution in [0.5, 0.6) is 0 Å². The SMILES string of the molecule is Cc1cc(F)cc(C(N)c2cc(F)c(C)cc2F)c1. The molecule has 2 aromatic carbocycles. The fraction of sp³-hybridized carbons (Fsp3) is 0.200. The summed E-state index contributed by atoms with van der Waals surface area (Å²) in [4.78, 5) is 0. The molecular formula is C15H14F3N. The predicted molar refractivity (Wildman–Crippen MR) is 68.3 cm³/mol. The van der Waals surface area contributed by atoms with Crippen LogP contribution in [0.2, 0.25) is 0 Å². The molecule has 2 rings (SSSR count). The molecule has 0 heterocycles. The minimum atomic E-state index is -0.899. The molecule has 100 valence electrons. The molecule has 2 N–H and O–H groups in total. The zero-order chi connectivity index (χ0) is 14.2. The van der Waals surface area contributed by atoms with Crippen molar-refractivity contribution < 1.29 is 13.2 Å². The van der Waals surface area contributed by atoms with Gasteiger partial charge in [-0.25, -0.2) is 13.2 Å². The average Bonchev–Trinajstić information content (AvgIpc) is 2.31. The molecule has 19 heavy (non-hydrogen) atoms. The normalized spacial score (nSPS) is 12.5. The molecule has 1 nitrogen and oxygen atoms in total. The van der Waals surface area contributed by atoms with E-state index in [2.05, 4.69) is 0 Å². The molecule has 0 aliphatic heterocycles. The van der Waals surface area contributed by atoms with Crippen LogP contribution in [0.3, 0.4) is 0 Å². The topological polar surface area (TPSA) is 26.0 Å². The molecule has 0 aliphatic rings. The molecule has 1 unspecified atom stereocenters. The number of benzene rings is 2. The van der Waals surface area contributed by atoms with Gasteiger partial charge in [0.2, 0.25) is 0 Å². The minimum absolute atomic E-state index is 0.0214. The van der Waals surface area contributed by atoms with Crippen LogP contribution in [-0.4, -0.2) is 0 Å². The van der Waals surface area contributed by atoms with Crippen molar-refractivity contribution in [3.63, 3.8) is 0 Å². The van der Waals surface area contributed by atoms with Crippen LogP contribution in [0, 0.1) is 31.3 Å². The average molecular weight is 265 g/mol. The van der Waals surface area contributed by atoms with Crippen molar-refractivity contribution in [3.05, 3.63) is 70.0 Å². The van der Waals surface area contributed by atoms with E-state index in [1.807, 2.05) is 0 Å². The van der Waals surface area contributed by atoms with Crippen LogP contribution in [0.15, 0.2) is 30.3 Å². The second kappa shape index (κ2) is 5.05. The zero-order valence-electron chi connectivity index (χ0n) is 10.7. The second-order valence-electron chi connectivity index (χ2n) is 4.66. The van der Waals surface area contributed by atoms with Gasteiger partial charge in [-0.3, -0.25) is 0 Å². The first-order valence-electron chi connectivity index (χ1n) is 5.86. The molecule has 0 radical (unpaired) electrons. The van der Waals surface area contributed by atoms with Crippen molar-refractivity contribution in [1.29, 1.82) is 0 Å². The lowest BCUT2D eigenvalue weighted by Gasteiger charge is -2.15. The molecule has 1 atom stereocenters. The van der Waals surface area contributed by atoms with Crippen LogP contribution in [-0.2, 0) is 0 Å². The summed E-state index contributed by atoms with van der Waals surface area (Å²) in [5.41, 5.74) is 7.23. The molecule has 0 aliphatic carbocycles. The second-order valence-corrected chi connectivity index (χ2v) is 4.66. The van der Waals surface area contributed by atoms with Gasteiger partial charge in [0.15, 0.2) is 0 Å². The third kappa shape index (κ3) is 2.79. The summed E-state index contributed by atoms with van der Waals surface area (Å²) in [6.07, 6.45) is 0. The molecular weight excluding hydrogens is 251 g/mol. The van der Waals surface area contributed by atoms with Crippen LogP contribution < -0.4 is 5.73 Å². The van der Waals surface area contributed by atoms with E-state index in [1.165, 1.54) is 19.1 Å². The van der Waals surface area contributed by atoms with Gasteiger partial charge in [0.25, 0.3) is 0 Å². The predicted octanol–water partition coefficient (Wildman–Crippen LogP) is 3.77. The third-order valence-corrected chi connectivity index (χ3v) is 3.04. The van der Waals surface area contributed by atoms with Gasteiger partial charge in [0.1, 0.15) is 17.5 Å². The van der Waals surface area contributed by atoms with E-state index in [4.69, 9.17) is 5.73 Å². The molecule has 0 saturated carbocycles. The summed E-state index contributed by atoms with van der Waals surface area (Å²) in [5.74, 6) is -1.56. The monoisotopic (exact) mass is 265 g/mol. The first-order chi connectivity index (χ1) is 8.88. The smallest absolute Gasteiger partial charge is 0.128 e. The van der Waals surface area contributed by atoms with Gasteiger partial charge < -0.3 is 5.73 Å². The summed E-state index contributed by atoms with van der Waals surface area (Å²) in [6.45, 7) is 3.19. The molecule has 0 aromatic heterocycles. The Bertz CT molecular complexity index is 603. The Balaban J connectivity index is 2.49. The Labute approximate surface area is 109 Å². The van der Waals surface area contributed by atoms with Crippen LogP contribution >= 0.6 is 0 Å². The van der Waals surface area contributed by atoms with Crippen molar-refractivity contribution in [2.75, 3.05) is 0 Å². The number of hydrogen-bond donors (Lipinski definition) is 1. The van der Waals surface area contributed by atoms with Gasteiger partial charge in [0.05, 0.1) is 6.04 Å². The number of hydrogen-bond acceptors (Lipinski definition) is 1. The maximum atomic E-state index is 13.8. The van der Waals surface area contributed by atoms with Crippen LogP contribution in [0.4, 0.5) is 13.2 Å². The van der Waals surface area contributed by atoms with Crippen molar-refractivity contribution in [3.8, 4) is 0 Å². The van der Waals surface area contributed by atoms with Gasteiger partial charge in [0, 0.05) is 5.56 Å². The highest BCUT2D eigenvalue weighted by Gasteiger charge is 2.17. The van der Waals surface area contributed by atoms with Crippen molar-refractivity contribution in [2.24, 2.45) is 5.73 Å². The van der Waals surface area contributed by atoms with Crippen molar-refractivity contribution in [2.45, 2.75) is 19.9 Å². The standard InChI is InChI=1S/C15H14F3N/c1-8-3-10(6-11(16)4-8)15(19)12-7-13(17)9(2)5-14(12)18/h3-7,15H,19H2,1-2H3. The fourth-order valence-electron chi connectivity index (χ4n) is 2.02. The van der Waals surface area contributed by atoms with E-state index in [-0.39, 0.29) is 11.1 Å². The maximum Gasteiger partial charge on any atom is 0.128 e. The van der Waals surface area contributed by atoms with Gasteiger partial charge in [-0.2, -0.15) is 0 Å². The summed E-state index contributed by atoms with van der Waals surface area (Å²) >= 11 is 0. The molecule has 0 bridgehead atoms.